The lowest BCUT2D eigenvalue weighted by Gasteiger charge is -2.26. The first-order valence-electron chi connectivity index (χ1n) is 5.97. The molecule has 1 aliphatic heterocycles. The maximum atomic E-state index is 13.0. The normalized spacial score (nSPS) is 20.2. The van der Waals surface area contributed by atoms with Crippen molar-refractivity contribution in [3.05, 3.63) is 34.1 Å². The van der Waals surface area contributed by atoms with Crippen LogP contribution in [0, 0.1) is 5.82 Å². The third-order valence-corrected chi connectivity index (χ3v) is 3.86. The first kappa shape index (κ1) is 14.0. The number of benzene rings is 1. The summed E-state index contributed by atoms with van der Waals surface area (Å²) >= 11 is 3.28. The Labute approximate surface area is 119 Å². The molecule has 1 aromatic carbocycles. The second-order valence-electron chi connectivity index (χ2n) is 4.59. The number of hydrogen-bond acceptors (Lipinski definition) is 2. The van der Waals surface area contributed by atoms with Crippen molar-refractivity contribution in [1.29, 1.82) is 0 Å². The first-order valence-corrected chi connectivity index (χ1v) is 6.77. The minimum absolute atomic E-state index is 0.0159. The largest absolute Gasteiger partial charge is 0.347 e. The van der Waals surface area contributed by atoms with Crippen LogP contribution >= 0.6 is 15.9 Å². The van der Waals surface area contributed by atoms with Crippen LogP contribution in [0.2, 0.25) is 0 Å². The summed E-state index contributed by atoms with van der Waals surface area (Å²) in [4.78, 5) is 25.0. The number of rotatable bonds is 2. The van der Waals surface area contributed by atoms with Crippen LogP contribution < -0.4 is 5.32 Å². The average molecular weight is 329 g/mol. The van der Waals surface area contributed by atoms with Crippen molar-refractivity contribution in [1.82, 2.24) is 10.2 Å². The molecule has 0 saturated carbocycles. The van der Waals surface area contributed by atoms with Crippen molar-refractivity contribution in [2.24, 2.45) is 0 Å². The molecule has 4 nitrogen and oxygen atoms in total. The van der Waals surface area contributed by atoms with Crippen LogP contribution in [-0.2, 0) is 16.1 Å². The van der Waals surface area contributed by atoms with Crippen molar-refractivity contribution in [3.8, 4) is 0 Å². The third kappa shape index (κ3) is 3.32. The summed E-state index contributed by atoms with van der Waals surface area (Å²) < 4.78 is 13.7. The Morgan fingerprint density at radius 1 is 1.47 bits per heavy atom. The Kier molecular flexibility index (Phi) is 4.19. The van der Waals surface area contributed by atoms with E-state index < -0.39 is 0 Å². The van der Waals surface area contributed by atoms with E-state index in [1.165, 1.54) is 12.1 Å². The zero-order valence-corrected chi connectivity index (χ0v) is 12.0. The fourth-order valence-corrected chi connectivity index (χ4v) is 2.53. The Morgan fingerprint density at radius 2 is 2.21 bits per heavy atom. The number of nitrogens with zero attached hydrogens (tertiary/aromatic N) is 1. The van der Waals surface area contributed by atoms with E-state index in [1.54, 1.807) is 11.0 Å². The number of halogens is 2. The molecule has 1 heterocycles. The molecule has 1 fully saturated rings. The molecule has 0 radical (unpaired) electrons. The summed E-state index contributed by atoms with van der Waals surface area (Å²) in [6.45, 7) is 2.21. The van der Waals surface area contributed by atoms with Gasteiger partial charge in [-0.25, -0.2) is 4.39 Å². The number of hydrogen-bond donors (Lipinski definition) is 1. The molecule has 1 aromatic rings. The van der Waals surface area contributed by atoms with Gasteiger partial charge in [0, 0.05) is 23.5 Å². The Morgan fingerprint density at radius 3 is 2.89 bits per heavy atom. The van der Waals surface area contributed by atoms with Gasteiger partial charge in [-0.1, -0.05) is 22.0 Å². The first-order chi connectivity index (χ1) is 8.97. The van der Waals surface area contributed by atoms with Crippen LogP contribution in [-0.4, -0.2) is 29.3 Å². The Bertz CT molecular complexity index is 521. The molecule has 1 atom stereocenters. The van der Waals surface area contributed by atoms with Crippen molar-refractivity contribution >= 4 is 27.7 Å². The fraction of sp³-hybridized carbons (Fsp3) is 0.385. The van der Waals surface area contributed by atoms with Gasteiger partial charge in [-0.05, 0) is 24.6 Å². The van der Waals surface area contributed by atoms with Gasteiger partial charge in [-0.15, -0.1) is 0 Å². The van der Waals surface area contributed by atoms with Crippen LogP contribution in [0.5, 0.6) is 0 Å². The second-order valence-corrected chi connectivity index (χ2v) is 5.44. The van der Waals surface area contributed by atoms with Gasteiger partial charge in [0.2, 0.25) is 11.8 Å². The van der Waals surface area contributed by atoms with E-state index in [0.29, 0.717) is 11.0 Å². The molecule has 1 aliphatic rings. The quantitative estimate of drug-likeness (QED) is 0.900. The average Bonchev–Trinajstić information content (AvgIpc) is 2.45. The predicted molar refractivity (Wildman–Crippen MR) is 71.7 cm³/mol. The second kappa shape index (κ2) is 5.69. The number of amides is 2. The summed E-state index contributed by atoms with van der Waals surface area (Å²) in [5, 5.41) is 2.56. The third-order valence-electron chi connectivity index (χ3n) is 3.13. The minimum atomic E-state index is -0.331. The molecule has 19 heavy (non-hydrogen) atoms. The van der Waals surface area contributed by atoms with Gasteiger partial charge < -0.3 is 10.2 Å². The van der Waals surface area contributed by atoms with Crippen LogP contribution in [0.1, 0.15) is 18.9 Å². The van der Waals surface area contributed by atoms with Crippen molar-refractivity contribution in [3.63, 3.8) is 0 Å². The summed E-state index contributed by atoms with van der Waals surface area (Å²) in [7, 11) is 0. The summed E-state index contributed by atoms with van der Waals surface area (Å²) in [6.07, 6.45) is 0.282. The van der Waals surface area contributed by atoms with Crippen LogP contribution in [0.25, 0.3) is 0 Å². The molecule has 1 saturated heterocycles. The lowest BCUT2D eigenvalue weighted by Crippen LogP contribution is -2.39. The maximum absolute atomic E-state index is 13.0. The fourth-order valence-electron chi connectivity index (χ4n) is 2.05. The van der Waals surface area contributed by atoms with E-state index in [9.17, 15) is 14.0 Å². The van der Waals surface area contributed by atoms with Crippen molar-refractivity contribution in [2.45, 2.75) is 25.9 Å². The lowest BCUT2D eigenvalue weighted by atomic mass is 10.1. The highest BCUT2D eigenvalue weighted by Gasteiger charge is 2.26. The van der Waals surface area contributed by atoms with Crippen LogP contribution in [0.3, 0.4) is 0 Å². The molecule has 6 heteroatoms. The smallest absolute Gasteiger partial charge is 0.242 e. The van der Waals surface area contributed by atoms with E-state index in [1.807, 2.05) is 6.92 Å². The monoisotopic (exact) mass is 328 g/mol. The van der Waals surface area contributed by atoms with Crippen LogP contribution in [0.15, 0.2) is 22.7 Å². The molecular formula is C13H14BrFN2O2. The van der Waals surface area contributed by atoms with Gasteiger partial charge in [0.15, 0.2) is 0 Å². The Hall–Kier alpha value is -1.43. The zero-order valence-electron chi connectivity index (χ0n) is 10.5. The molecule has 0 bridgehead atoms. The Balaban J connectivity index is 2.20. The lowest BCUT2D eigenvalue weighted by molar-refractivity contribution is -0.132. The maximum Gasteiger partial charge on any atom is 0.242 e. The summed E-state index contributed by atoms with van der Waals surface area (Å²) in [5.74, 6) is -0.584. The number of nitrogens with one attached hydrogen (secondary N) is 1. The van der Waals surface area contributed by atoms with Gasteiger partial charge in [0.1, 0.15) is 5.82 Å². The zero-order chi connectivity index (χ0) is 14.0. The van der Waals surface area contributed by atoms with E-state index in [-0.39, 0.29) is 36.6 Å². The van der Waals surface area contributed by atoms with E-state index in [2.05, 4.69) is 21.2 Å². The molecule has 0 spiro atoms. The highest BCUT2D eigenvalue weighted by atomic mass is 79.9. The van der Waals surface area contributed by atoms with Gasteiger partial charge in [-0.2, -0.15) is 0 Å². The van der Waals surface area contributed by atoms with Gasteiger partial charge >= 0.3 is 0 Å². The predicted octanol–water partition coefficient (Wildman–Crippen LogP) is 1.83. The van der Waals surface area contributed by atoms with Crippen LogP contribution in [0.4, 0.5) is 4.39 Å². The van der Waals surface area contributed by atoms with E-state index in [4.69, 9.17) is 0 Å². The highest BCUT2D eigenvalue weighted by molar-refractivity contribution is 9.10. The number of carbonyl (C=O) groups is 2. The van der Waals surface area contributed by atoms with E-state index in [0.717, 1.165) is 5.56 Å². The molecule has 2 rings (SSSR count). The van der Waals surface area contributed by atoms with E-state index >= 15 is 0 Å². The molecule has 1 unspecified atom stereocenters. The van der Waals surface area contributed by atoms with Gasteiger partial charge in [0.05, 0.1) is 6.54 Å². The topological polar surface area (TPSA) is 49.4 Å². The minimum Gasteiger partial charge on any atom is -0.347 e. The summed E-state index contributed by atoms with van der Waals surface area (Å²) in [5.41, 5.74) is 0.816. The highest BCUT2D eigenvalue weighted by Crippen LogP contribution is 2.21. The van der Waals surface area contributed by atoms with Gasteiger partial charge in [0.25, 0.3) is 0 Å². The molecule has 2 amide bonds. The standard InChI is InChI=1S/C13H14BrFN2O2/c1-8-4-12(18)16-6-13(19)17(8)7-9-2-3-10(15)5-11(9)14/h2-3,5,8H,4,6-7H2,1H3,(H,16,18). The number of carbonyl (C=O) groups excluding carboxylic acids is 2. The molecule has 0 aromatic heterocycles. The van der Waals surface area contributed by atoms with Crippen molar-refractivity contribution in [2.75, 3.05) is 6.54 Å². The van der Waals surface area contributed by atoms with Crippen molar-refractivity contribution < 1.29 is 14.0 Å². The molecule has 102 valence electrons. The molecule has 0 aliphatic carbocycles. The molecular weight excluding hydrogens is 315 g/mol. The summed E-state index contributed by atoms with van der Waals surface area (Å²) in [6, 6.07) is 4.19. The van der Waals surface area contributed by atoms with Gasteiger partial charge in [-0.3, -0.25) is 9.59 Å². The molecule has 1 N–H and O–H groups in total. The SMILES string of the molecule is CC1CC(=O)NCC(=O)N1Cc1ccc(F)cc1Br.